The topological polar surface area (TPSA) is 97.6 Å². The minimum Gasteiger partial charge on any atom is -0.474 e. The molecule has 0 aromatic carbocycles. The van der Waals surface area contributed by atoms with Crippen LogP contribution >= 0.6 is 0 Å². The summed E-state index contributed by atoms with van der Waals surface area (Å²) in [7, 11) is 0. The van der Waals surface area contributed by atoms with Gasteiger partial charge in [0.1, 0.15) is 6.10 Å². The standard InChI is InChI=1S/C17H24N4O3/c18-16(22)13-6-8-21(11-13)17(23)20-10-12-5-7-19-15(9-12)24-14-3-1-2-4-14/h5,7,9,13-14H,1-4,6,8,10-11H2,(H2,18,22)(H,20,23)/t13-/m0/s1. The fourth-order valence-corrected chi connectivity index (χ4v) is 3.27. The van der Waals surface area contributed by atoms with Crippen molar-refractivity contribution in [1.82, 2.24) is 15.2 Å². The molecule has 7 heteroatoms. The van der Waals surface area contributed by atoms with E-state index in [-0.39, 0.29) is 24.0 Å². The van der Waals surface area contributed by atoms with E-state index in [9.17, 15) is 9.59 Å². The molecule has 3 rings (SSSR count). The van der Waals surface area contributed by atoms with Crippen LogP contribution in [-0.4, -0.2) is 41.0 Å². The molecule has 1 aliphatic heterocycles. The van der Waals surface area contributed by atoms with Gasteiger partial charge in [-0.1, -0.05) is 0 Å². The van der Waals surface area contributed by atoms with Crippen molar-refractivity contribution in [3.05, 3.63) is 23.9 Å². The summed E-state index contributed by atoms with van der Waals surface area (Å²) >= 11 is 0. The van der Waals surface area contributed by atoms with E-state index in [1.165, 1.54) is 12.8 Å². The Morgan fingerprint density at radius 3 is 2.83 bits per heavy atom. The lowest BCUT2D eigenvalue weighted by atomic mass is 10.1. The summed E-state index contributed by atoms with van der Waals surface area (Å²) in [6, 6.07) is 3.56. The third-order valence-corrected chi connectivity index (χ3v) is 4.71. The predicted octanol–water partition coefficient (Wildman–Crippen LogP) is 1.42. The Bertz CT molecular complexity index is 601. The van der Waals surface area contributed by atoms with Gasteiger partial charge in [0.15, 0.2) is 0 Å². The lowest BCUT2D eigenvalue weighted by molar-refractivity contribution is -0.121. The van der Waals surface area contributed by atoms with Crippen LogP contribution in [0.15, 0.2) is 18.3 Å². The average molecular weight is 332 g/mol. The van der Waals surface area contributed by atoms with Gasteiger partial charge in [-0.2, -0.15) is 0 Å². The molecule has 1 atom stereocenters. The quantitative estimate of drug-likeness (QED) is 0.852. The monoisotopic (exact) mass is 332 g/mol. The van der Waals surface area contributed by atoms with Gasteiger partial charge in [-0.15, -0.1) is 0 Å². The van der Waals surface area contributed by atoms with Crippen LogP contribution in [0.4, 0.5) is 4.79 Å². The zero-order valence-electron chi connectivity index (χ0n) is 13.7. The molecule has 0 radical (unpaired) electrons. The molecule has 0 bridgehead atoms. The average Bonchev–Trinajstić information content (AvgIpc) is 3.24. The highest BCUT2D eigenvalue weighted by Gasteiger charge is 2.29. The number of aromatic nitrogens is 1. The van der Waals surface area contributed by atoms with E-state index in [1.54, 1.807) is 11.1 Å². The molecule has 7 nitrogen and oxygen atoms in total. The SMILES string of the molecule is NC(=O)[C@H]1CCN(C(=O)NCc2ccnc(OC3CCCC3)c2)C1. The number of hydrogen-bond acceptors (Lipinski definition) is 4. The van der Waals surface area contributed by atoms with E-state index < -0.39 is 0 Å². The van der Waals surface area contributed by atoms with E-state index >= 15 is 0 Å². The largest absolute Gasteiger partial charge is 0.474 e. The van der Waals surface area contributed by atoms with Crippen molar-refractivity contribution in [2.75, 3.05) is 13.1 Å². The molecule has 1 saturated carbocycles. The number of primary amides is 1. The van der Waals surface area contributed by atoms with Crippen molar-refractivity contribution in [3.63, 3.8) is 0 Å². The van der Waals surface area contributed by atoms with Crippen LogP contribution in [0.5, 0.6) is 5.88 Å². The Labute approximate surface area is 141 Å². The smallest absolute Gasteiger partial charge is 0.317 e. The number of rotatable bonds is 5. The van der Waals surface area contributed by atoms with E-state index in [4.69, 9.17) is 10.5 Å². The van der Waals surface area contributed by atoms with Crippen LogP contribution in [-0.2, 0) is 11.3 Å². The van der Waals surface area contributed by atoms with Crippen LogP contribution in [0.2, 0.25) is 0 Å². The molecule has 2 fully saturated rings. The first-order valence-electron chi connectivity index (χ1n) is 8.55. The van der Waals surface area contributed by atoms with Gasteiger partial charge in [-0.05, 0) is 43.7 Å². The van der Waals surface area contributed by atoms with Gasteiger partial charge in [0.05, 0.1) is 5.92 Å². The Morgan fingerprint density at radius 2 is 2.12 bits per heavy atom. The number of nitrogens with one attached hydrogen (secondary N) is 1. The third kappa shape index (κ3) is 4.15. The first-order valence-corrected chi connectivity index (χ1v) is 8.55. The van der Waals surface area contributed by atoms with Gasteiger partial charge in [0.2, 0.25) is 11.8 Å². The van der Waals surface area contributed by atoms with Crippen molar-refractivity contribution in [2.24, 2.45) is 11.7 Å². The van der Waals surface area contributed by atoms with Crippen LogP contribution < -0.4 is 15.8 Å². The number of pyridine rings is 1. The Hall–Kier alpha value is -2.31. The number of nitrogens with zero attached hydrogens (tertiary/aromatic N) is 2. The summed E-state index contributed by atoms with van der Waals surface area (Å²) in [5.74, 6) is 0.0415. The molecule has 1 aromatic heterocycles. The van der Waals surface area contributed by atoms with Crippen molar-refractivity contribution in [1.29, 1.82) is 0 Å². The van der Waals surface area contributed by atoms with Crippen LogP contribution in [0, 0.1) is 5.92 Å². The van der Waals surface area contributed by atoms with E-state index in [0.29, 0.717) is 31.9 Å². The molecule has 0 spiro atoms. The first-order chi connectivity index (χ1) is 11.6. The molecule has 1 aromatic rings. The number of ether oxygens (including phenoxy) is 1. The Morgan fingerprint density at radius 1 is 1.33 bits per heavy atom. The van der Waals surface area contributed by atoms with Gasteiger partial charge in [-0.3, -0.25) is 4.79 Å². The number of carbonyl (C=O) groups excluding carboxylic acids is 2. The van der Waals surface area contributed by atoms with Gasteiger partial charge < -0.3 is 20.7 Å². The number of hydrogen-bond donors (Lipinski definition) is 2. The van der Waals surface area contributed by atoms with E-state index in [2.05, 4.69) is 10.3 Å². The number of carbonyl (C=O) groups is 2. The molecular formula is C17H24N4O3. The van der Waals surface area contributed by atoms with Crippen molar-refractivity contribution in [3.8, 4) is 5.88 Å². The van der Waals surface area contributed by atoms with Crippen LogP contribution in [0.1, 0.15) is 37.7 Å². The minimum atomic E-state index is -0.340. The highest BCUT2D eigenvalue weighted by atomic mass is 16.5. The molecular weight excluding hydrogens is 308 g/mol. The third-order valence-electron chi connectivity index (χ3n) is 4.71. The second kappa shape index (κ2) is 7.51. The summed E-state index contributed by atoms with van der Waals surface area (Å²) in [6.45, 7) is 1.36. The molecule has 2 aliphatic rings. The maximum absolute atomic E-state index is 12.2. The minimum absolute atomic E-state index is 0.172. The molecule has 24 heavy (non-hydrogen) atoms. The second-order valence-corrected chi connectivity index (χ2v) is 6.52. The predicted molar refractivity (Wildman–Crippen MR) is 88.2 cm³/mol. The zero-order valence-corrected chi connectivity index (χ0v) is 13.7. The second-order valence-electron chi connectivity index (χ2n) is 6.52. The Kier molecular flexibility index (Phi) is 5.17. The molecule has 2 heterocycles. The van der Waals surface area contributed by atoms with Crippen LogP contribution in [0.3, 0.4) is 0 Å². The van der Waals surface area contributed by atoms with Crippen molar-refractivity contribution >= 4 is 11.9 Å². The summed E-state index contributed by atoms with van der Waals surface area (Å²) in [6.07, 6.45) is 7.18. The maximum Gasteiger partial charge on any atom is 0.317 e. The number of amides is 3. The lowest BCUT2D eigenvalue weighted by Gasteiger charge is -2.17. The molecule has 3 amide bonds. The van der Waals surface area contributed by atoms with Gasteiger partial charge in [0, 0.05) is 31.9 Å². The number of likely N-dealkylation sites (tertiary alicyclic amines) is 1. The highest BCUT2D eigenvalue weighted by molar-refractivity contribution is 5.80. The van der Waals surface area contributed by atoms with Crippen molar-refractivity contribution in [2.45, 2.75) is 44.8 Å². The lowest BCUT2D eigenvalue weighted by Crippen LogP contribution is -2.39. The molecule has 130 valence electrons. The zero-order chi connectivity index (χ0) is 16.9. The number of nitrogens with two attached hydrogens (primary N) is 1. The normalized spacial score (nSPS) is 21.0. The summed E-state index contributed by atoms with van der Waals surface area (Å²) < 4.78 is 5.88. The van der Waals surface area contributed by atoms with E-state index in [1.807, 2.05) is 12.1 Å². The van der Waals surface area contributed by atoms with Crippen molar-refractivity contribution < 1.29 is 14.3 Å². The summed E-state index contributed by atoms with van der Waals surface area (Å²) in [5.41, 5.74) is 6.23. The molecule has 1 saturated heterocycles. The molecule has 3 N–H and O–H groups in total. The highest BCUT2D eigenvalue weighted by Crippen LogP contribution is 2.23. The van der Waals surface area contributed by atoms with Gasteiger partial charge in [-0.25, -0.2) is 9.78 Å². The number of urea groups is 1. The first kappa shape index (κ1) is 16.5. The van der Waals surface area contributed by atoms with E-state index in [0.717, 1.165) is 18.4 Å². The van der Waals surface area contributed by atoms with Gasteiger partial charge in [0.25, 0.3) is 0 Å². The van der Waals surface area contributed by atoms with Gasteiger partial charge >= 0.3 is 6.03 Å². The van der Waals surface area contributed by atoms with Crippen LogP contribution in [0.25, 0.3) is 0 Å². The fraction of sp³-hybridized carbons (Fsp3) is 0.588. The Balaban J connectivity index is 1.49. The maximum atomic E-state index is 12.2. The fourth-order valence-electron chi connectivity index (χ4n) is 3.27. The molecule has 0 unspecified atom stereocenters. The summed E-state index contributed by atoms with van der Waals surface area (Å²) in [5, 5.41) is 2.87. The molecule has 1 aliphatic carbocycles. The summed E-state index contributed by atoms with van der Waals surface area (Å²) in [4.78, 5) is 29.2.